The lowest BCUT2D eigenvalue weighted by Crippen LogP contribution is -2.18. The maximum absolute atomic E-state index is 13.5. The standard InChI is InChI=1S/C18H17FN2OS3/c1-23-10-9-21-15-8-7-13(19)11-16(15)25-18(21)20-17(22)12-24-14-5-3-2-4-6-14/h2-8,11H,9-10,12H2,1H3. The second-order valence-electron chi connectivity index (χ2n) is 5.25. The Balaban J connectivity index is 1.87. The Hall–Kier alpha value is -1.57. The Bertz CT molecular complexity index is 934. The lowest BCUT2D eigenvalue weighted by Gasteiger charge is -2.03. The number of aryl methyl sites for hydroxylation is 1. The third-order valence-electron chi connectivity index (χ3n) is 3.49. The van der Waals surface area contributed by atoms with E-state index in [4.69, 9.17) is 0 Å². The van der Waals surface area contributed by atoms with Crippen molar-refractivity contribution in [3.8, 4) is 0 Å². The van der Waals surface area contributed by atoms with Gasteiger partial charge in [-0.05, 0) is 36.6 Å². The number of thioether (sulfide) groups is 2. The minimum atomic E-state index is -0.275. The van der Waals surface area contributed by atoms with Crippen molar-refractivity contribution in [2.75, 3.05) is 17.8 Å². The fourth-order valence-corrected chi connectivity index (χ4v) is 4.50. The second kappa shape index (κ2) is 8.69. The number of benzene rings is 2. The Morgan fingerprint density at radius 1 is 1.24 bits per heavy atom. The number of carbonyl (C=O) groups excluding carboxylic acids is 1. The summed E-state index contributed by atoms with van der Waals surface area (Å²) in [5, 5.41) is 0. The Morgan fingerprint density at radius 2 is 2.04 bits per heavy atom. The van der Waals surface area contributed by atoms with Crippen molar-refractivity contribution in [3.63, 3.8) is 0 Å². The van der Waals surface area contributed by atoms with Crippen molar-refractivity contribution in [3.05, 3.63) is 59.1 Å². The lowest BCUT2D eigenvalue weighted by atomic mass is 10.3. The van der Waals surface area contributed by atoms with Crippen molar-refractivity contribution in [1.82, 2.24) is 4.57 Å². The number of halogens is 1. The Labute approximate surface area is 158 Å². The molecule has 7 heteroatoms. The number of thiazole rings is 1. The summed E-state index contributed by atoms with van der Waals surface area (Å²) in [6, 6.07) is 14.5. The molecule has 0 spiro atoms. The van der Waals surface area contributed by atoms with E-state index in [0.717, 1.165) is 27.4 Å². The molecule has 0 N–H and O–H groups in total. The quantitative estimate of drug-likeness (QED) is 0.582. The van der Waals surface area contributed by atoms with Crippen LogP contribution in [0, 0.1) is 5.82 Å². The van der Waals surface area contributed by atoms with E-state index in [1.807, 2.05) is 41.2 Å². The zero-order valence-corrected chi connectivity index (χ0v) is 16.1. The zero-order valence-electron chi connectivity index (χ0n) is 13.6. The molecule has 130 valence electrons. The summed E-state index contributed by atoms with van der Waals surface area (Å²) in [4.78, 5) is 18.2. The molecule has 0 aliphatic rings. The minimum Gasteiger partial charge on any atom is -0.316 e. The van der Waals surface area contributed by atoms with Crippen molar-refractivity contribution in [2.24, 2.45) is 4.99 Å². The summed E-state index contributed by atoms with van der Waals surface area (Å²) in [7, 11) is 0. The molecule has 0 aliphatic carbocycles. The van der Waals surface area contributed by atoms with E-state index in [2.05, 4.69) is 4.99 Å². The van der Waals surface area contributed by atoms with Gasteiger partial charge >= 0.3 is 0 Å². The molecule has 3 nitrogen and oxygen atoms in total. The smallest absolute Gasteiger partial charge is 0.258 e. The lowest BCUT2D eigenvalue weighted by molar-refractivity contribution is -0.115. The van der Waals surface area contributed by atoms with Crippen molar-refractivity contribution < 1.29 is 9.18 Å². The number of hydrogen-bond acceptors (Lipinski definition) is 4. The molecule has 0 radical (unpaired) electrons. The van der Waals surface area contributed by atoms with Gasteiger partial charge in [0.1, 0.15) is 5.82 Å². The molecule has 0 saturated heterocycles. The van der Waals surface area contributed by atoms with Gasteiger partial charge in [-0.2, -0.15) is 16.8 Å². The van der Waals surface area contributed by atoms with E-state index in [1.54, 1.807) is 17.8 Å². The highest BCUT2D eigenvalue weighted by Gasteiger charge is 2.09. The van der Waals surface area contributed by atoms with Gasteiger partial charge in [-0.25, -0.2) is 4.39 Å². The monoisotopic (exact) mass is 392 g/mol. The number of nitrogens with zero attached hydrogens (tertiary/aromatic N) is 2. The number of hydrogen-bond donors (Lipinski definition) is 0. The molecule has 2 aromatic carbocycles. The number of carbonyl (C=O) groups is 1. The van der Waals surface area contributed by atoms with Crippen molar-refractivity contribution in [1.29, 1.82) is 0 Å². The molecular weight excluding hydrogens is 375 g/mol. The van der Waals surface area contributed by atoms with Crippen LogP contribution >= 0.6 is 34.9 Å². The maximum atomic E-state index is 13.5. The SMILES string of the molecule is CSCCn1c(=NC(=O)CSc2ccccc2)sc2cc(F)ccc21. The molecule has 0 saturated carbocycles. The molecular formula is C18H17FN2OS3. The second-order valence-corrected chi connectivity index (χ2v) is 8.29. The van der Waals surface area contributed by atoms with Crippen LogP contribution in [0.15, 0.2) is 58.4 Å². The van der Waals surface area contributed by atoms with E-state index in [9.17, 15) is 9.18 Å². The predicted octanol–water partition coefficient (Wildman–Crippen LogP) is 4.42. The summed E-state index contributed by atoms with van der Waals surface area (Å²) >= 11 is 4.55. The predicted molar refractivity (Wildman–Crippen MR) is 106 cm³/mol. The van der Waals surface area contributed by atoms with Crippen LogP contribution in [0.1, 0.15) is 0 Å². The maximum Gasteiger partial charge on any atom is 0.258 e. The van der Waals surface area contributed by atoms with E-state index < -0.39 is 0 Å². The highest BCUT2D eigenvalue weighted by atomic mass is 32.2. The zero-order chi connectivity index (χ0) is 17.6. The largest absolute Gasteiger partial charge is 0.316 e. The summed E-state index contributed by atoms with van der Waals surface area (Å²) in [5.41, 5.74) is 0.919. The van der Waals surface area contributed by atoms with E-state index in [1.165, 1.54) is 35.2 Å². The molecule has 0 bridgehead atoms. The highest BCUT2D eigenvalue weighted by Crippen LogP contribution is 2.20. The van der Waals surface area contributed by atoms with Crippen LogP contribution in [0.25, 0.3) is 10.2 Å². The average molecular weight is 393 g/mol. The van der Waals surface area contributed by atoms with E-state index >= 15 is 0 Å². The molecule has 1 amide bonds. The summed E-state index contributed by atoms with van der Waals surface area (Å²) < 4.78 is 16.3. The molecule has 0 fully saturated rings. The first kappa shape index (κ1) is 18.2. The topological polar surface area (TPSA) is 34.4 Å². The first-order valence-corrected chi connectivity index (χ1v) is 10.9. The molecule has 0 aliphatic heterocycles. The van der Waals surface area contributed by atoms with Crippen LogP contribution in [0.5, 0.6) is 0 Å². The van der Waals surface area contributed by atoms with Crippen LogP contribution in [0.4, 0.5) is 4.39 Å². The highest BCUT2D eigenvalue weighted by molar-refractivity contribution is 8.00. The molecule has 1 heterocycles. The molecule has 25 heavy (non-hydrogen) atoms. The summed E-state index contributed by atoms with van der Waals surface area (Å²) in [6.45, 7) is 0.741. The Kier molecular flexibility index (Phi) is 6.34. The molecule has 0 atom stereocenters. The van der Waals surface area contributed by atoms with Gasteiger partial charge in [-0.1, -0.05) is 29.5 Å². The van der Waals surface area contributed by atoms with Crippen LogP contribution in [0.2, 0.25) is 0 Å². The number of fused-ring (bicyclic) bond motifs is 1. The van der Waals surface area contributed by atoms with E-state index in [0.29, 0.717) is 4.80 Å². The van der Waals surface area contributed by atoms with Crippen molar-refractivity contribution in [2.45, 2.75) is 11.4 Å². The van der Waals surface area contributed by atoms with Gasteiger partial charge in [-0.3, -0.25) is 4.79 Å². The van der Waals surface area contributed by atoms with Crippen LogP contribution < -0.4 is 4.80 Å². The first-order chi connectivity index (χ1) is 12.2. The van der Waals surface area contributed by atoms with Gasteiger partial charge in [-0.15, -0.1) is 11.8 Å². The average Bonchev–Trinajstić information content (AvgIpc) is 2.95. The molecule has 3 rings (SSSR count). The fraction of sp³-hybridized carbons (Fsp3) is 0.222. The Morgan fingerprint density at radius 3 is 2.80 bits per heavy atom. The van der Waals surface area contributed by atoms with E-state index in [-0.39, 0.29) is 17.5 Å². The van der Waals surface area contributed by atoms with Gasteiger partial charge in [0.25, 0.3) is 5.91 Å². The van der Waals surface area contributed by atoms with Crippen LogP contribution in [-0.4, -0.2) is 28.2 Å². The number of aromatic nitrogens is 1. The normalized spacial score (nSPS) is 12.0. The third-order valence-corrected chi connectivity index (χ3v) is 6.12. The van der Waals surface area contributed by atoms with Crippen LogP contribution in [-0.2, 0) is 11.3 Å². The van der Waals surface area contributed by atoms with Gasteiger partial charge in [0.05, 0.1) is 16.0 Å². The molecule has 1 aromatic heterocycles. The fourth-order valence-electron chi connectivity index (χ4n) is 2.33. The van der Waals surface area contributed by atoms with Crippen LogP contribution in [0.3, 0.4) is 0 Å². The van der Waals surface area contributed by atoms with Gasteiger partial charge in [0, 0.05) is 17.2 Å². The van der Waals surface area contributed by atoms with Gasteiger partial charge in [0.2, 0.25) is 0 Å². The number of amides is 1. The van der Waals surface area contributed by atoms with Gasteiger partial charge in [0.15, 0.2) is 4.80 Å². The molecule has 0 unspecified atom stereocenters. The minimum absolute atomic E-state index is 0.182. The third kappa shape index (κ3) is 4.74. The summed E-state index contributed by atoms with van der Waals surface area (Å²) in [5.74, 6) is 0.737. The first-order valence-electron chi connectivity index (χ1n) is 7.70. The van der Waals surface area contributed by atoms with Gasteiger partial charge < -0.3 is 4.57 Å². The molecule has 3 aromatic rings. The number of rotatable bonds is 6. The summed E-state index contributed by atoms with van der Waals surface area (Å²) in [6.07, 6.45) is 2.03. The van der Waals surface area contributed by atoms with Crippen molar-refractivity contribution >= 4 is 51.0 Å².